The van der Waals surface area contributed by atoms with Crippen LogP contribution in [0, 0.1) is 0 Å². The minimum atomic E-state index is -2.07. The van der Waals surface area contributed by atoms with E-state index >= 15 is 0 Å². The molecule has 102 valence electrons. The van der Waals surface area contributed by atoms with Crippen molar-refractivity contribution in [3.05, 3.63) is 5.82 Å². The normalized spacial score (nSPS) is 13.8. The van der Waals surface area contributed by atoms with Crippen LogP contribution in [0.1, 0.15) is 59.3 Å². The average molecular weight is 323 g/mol. The molecule has 0 heterocycles. The molecule has 3 heteroatoms. The molecular formula is C14H28BrOP. The number of rotatable bonds is 10. The maximum absolute atomic E-state index is 10.9. The molecule has 0 aliphatic carbocycles. The van der Waals surface area contributed by atoms with Gasteiger partial charge in [-0.25, -0.2) is 0 Å². The third kappa shape index (κ3) is 6.18. The molecule has 0 saturated carbocycles. The summed E-state index contributed by atoms with van der Waals surface area (Å²) in [6.45, 7) is 6.66. The van der Waals surface area contributed by atoms with Crippen molar-refractivity contribution in [3.63, 3.8) is 0 Å². The summed E-state index contributed by atoms with van der Waals surface area (Å²) in [6, 6.07) is 0. The molecule has 0 atom stereocenters. The van der Waals surface area contributed by atoms with Crippen LogP contribution in [-0.2, 0) is 4.79 Å². The minimum absolute atomic E-state index is 1.18. The molecule has 0 radical (unpaired) electrons. The first kappa shape index (κ1) is 17.4. The fourth-order valence-corrected chi connectivity index (χ4v) is 9.28. The fourth-order valence-electron chi connectivity index (χ4n) is 2.26. The van der Waals surface area contributed by atoms with Gasteiger partial charge in [-0.1, -0.05) is 0 Å². The van der Waals surface area contributed by atoms with Gasteiger partial charge in [0.25, 0.3) is 0 Å². The molecule has 0 aliphatic heterocycles. The number of carbonyl (C=O) groups excluding carboxylic acids is 1. The molecule has 0 aromatic carbocycles. The zero-order chi connectivity index (χ0) is 13.2. The van der Waals surface area contributed by atoms with Gasteiger partial charge in [0, 0.05) is 0 Å². The van der Waals surface area contributed by atoms with Crippen molar-refractivity contribution in [2.75, 3.05) is 18.5 Å². The summed E-state index contributed by atoms with van der Waals surface area (Å²) < 4.78 is 0. The molecule has 0 N–H and O–H groups in total. The summed E-state index contributed by atoms with van der Waals surface area (Å²) >= 11 is 4.07. The van der Waals surface area contributed by atoms with Gasteiger partial charge < -0.3 is 0 Å². The van der Waals surface area contributed by atoms with Crippen LogP contribution in [-0.4, -0.2) is 24.4 Å². The van der Waals surface area contributed by atoms with E-state index in [1.807, 2.05) is 5.82 Å². The Labute approximate surface area is 115 Å². The molecule has 0 aromatic heterocycles. The van der Waals surface area contributed by atoms with Crippen molar-refractivity contribution < 1.29 is 4.79 Å². The van der Waals surface area contributed by atoms with Crippen LogP contribution < -0.4 is 0 Å². The van der Waals surface area contributed by atoms with Crippen LogP contribution in [0.25, 0.3) is 0 Å². The van der Waals surface area contributed by atoms with Gasteiger partial charge in [-0.2, -0.15) is 0 Å². The monoisotopic (exact) mass is 322 g/mol. The van der Waals surface area contributed by atoms with Crippen LogP contribution in [0.4, 0.5) is 0 Å². The third-order valence-electron chi connectivity index (χ3n) is 3.50. The van der Waals surface area contributed by atoms with Crippen LogP contribution in [0.3, 0.4) is 0 Å². The van der Waals surface area contributed by atoms with Gasteiger partial charge in [-0.05, 0) is 0 Å². The van der Waals surface area contributed by atoms with Crippen LogP contribution in [0.2, 0.25) is 0 Å². The molecule has 1 nitrogen and oxygen atoms in total. The average Bonchev–Trinajstić information content (AvgIpc) is 2.33. The molecule has 0 unspecified atom stereocenters. The zero-order valence-corrected chi connectivity index (χ0v) is 14.2. The molecule has 0 aromatic rings. The first-order chi connectivity index (χ1) is 8.04. The van der Waals surface area contributed by atoms with Gasteiger partial charge in [-0.15, -0.1) is 0 Å². The second kappa shape index (κ2) is 8.46. The summed E-state index contributed by atoms with van der Waals surface area (Å²) in [5, 5.41) is -2.07. The Balaban J connectivity index is 4.96. The Morgan fingerprint density at radius 2 is 1.29 bits per heavy atom. The van der Waals surface area contributed by atoms with Crippen molar-refractivity contribution in [2.45, 2.75) is 59.3 Å². The topological polar surface area (TPSA) is 17.1 Å². The predicted octanol–water partition coefficient (Wildman–Crippen LogP) is 5.60. The summed E-state index contributed by atoms with van der Waals surface area (Å²) in [5.74, 6) is 4.01. The van der Waals surface area contributed by atoms with E-state index in [4.69, 9.17) is 0 Å². The van der Waals surface area contributed by atoms with Crippen LogP contribution in [0.15, 0.2) is 5.82 Å². The quantitative estimate of drug-likeness (QED) is 0.378. The van der Waals surface area contributed by atoms with Crippen LogP contribution in [0.5, 0.6) is 0 Å². The number of hydrogen-bond acceptors (Lipinski definition) is 1. The fraction of sp³-hybridized carbons (Fsp3) is 0.857. The van der Waals surface area contributed by atoms with Gasteiger partial charge in [-0.3, -0.25) is 0 Å². The Morgan fingerprint density at radius 1 is 0.941 bits per heavy atom. The van der Waals surface area contributed by atoms with E-state index in [0.717, 1.165) is 0 Å². The van der Waals surface area contributed by atoms with E-state index in [1.165, 1.54) is 57.0 Å². The molecule has 0 amide bonds. The Bertz CT molecular complexity index is 234. The molecule has 0 rings (SSSR count). The SMILES string of the molecule is CCCCP(Br)(C=C=O)(CCCC)CCCC. The van der Waals surface area contributed by atoms with Crippen molar-refractivity contribution in [3.8, 4) is 0 Å². The van der Waals surface area contributed by atoms with Gasteiger partial charge in [0.15, 0.2) is 0 Å². The standard InChI is InChI=1S/C14H28BrOP/c1-4-7-11-17(15,14-10-16,12-8-5-2)13-9-6-3/h14H,4-9,11-13H2,1-3H3. The van der Waals surface area contributed by atoms with Crippen LogP contribution >= 0.6 is 20.8 Å². The van der Waals surface area contributed by atoms with Gasteiger partial charge in [0.1, 0.15) is 0 Å². The molecule has 0 spiro atoms. The summed E-state index contributed by atoms with van der Waals surface area (Å²) in [7, 11) is 0. The van der Waals surface area contributed by atoms with Gasteiger partial charge >= 0.3 is 115 Å². The maximum atomic E-state index is 10.9. The first-order valence-corrected chi connectivity index (χ1v) is 11.9. The Hall–Kier alpha value is 0.360. The summed E-state index contributed by atoms with van der Waals surface area (Å²) in [6.07, 6.45) is 10.8. The van der Waals surface area contributed by atoms with Crippen molar-refractivity contribution >= 4 is 26.7 Å². The molecule has 0 aliphatic rings. The number of unbranched alkanes of at least 4 members (excludes halogenated alkanes) is 3. The second-order valence-corrected chi connectivity index (χ2v) is 15.8. The second-order valence-electron chi connectivity index (χ2n) is 5.15. The van der Waals surface area contributed by atoms with Gasteiger partial charge in [0.2, 0.25) is 0 Å². The van der Waals surface area contributed by atoms with E-state index in [9.17, 15) is 4.79 Å². The zero-order valence-electron chi connectivity index (χ0n) is 11.7. The van der Waals surface area contributed by atoms with E-state index in [0.29, 0.717) is 0 Å². The van der Waals surface area contributed by atoms with E-state index in [2.05, 4.69) is 42.2 Å². The van der Waals surface area contributed by atoms with E-state index < -0.39 is 5.31 Å². The summed E-state index contributed by atoms with van der Waals surface area (Å²) in [5.41, 5.74) is 0. The molecule has 0 saturated heterocycles. The molecule has 0 bridgehead atoms. The molecule has 0 fully saturated rings. The third-order valence-corrected chi connectivity index (χ3v) is 12.2. The predicted molar refractivity (Wildman–Crippen MR) is 85.4 cm³/mol. The van der Waals surface area contributed by atoms with E-state index in [-0.39, 0.29) is 0 Å². The van der Waals surface area contributed by atoms with Gasteiger partial charge in [0.05, 0.1) is 0 Å². The van der Waals surface area contributed by atoms with E-state index in [1.54, 1.807) is 0 Å². The van der Waals surface area contributed by atoms with Crippen molar-refractivity contribution in [2.24, 2.45) is 0 Å². The van der Waals surface area contributed by atoms with Crippen molar-refractivity contribution in [1.29, 1.82) is 0 Å². The first-order valence-electron chi connectivity index (χ1n) is 6.99. The Kier molecular flexibility index (Phi) is 8.64. The Morgan fingerprint density at radius 3 is 1.53 bits per heavy atom. The molecule has 17 heavy (non-hydrogen) atoms. The van der Waals surface area contributed by atoms with Crippen molar-refractivity contribution in [1.82, 2.24) is 0 Å². The summed E-state index contributed by atoms with van der Waals surface area (Å²) in [4.78, 5) is 10.9. The number of halogens is 1. The number of hydrogen-bond donors (Lipinski definition) is 0. The molecular weight excluding hydrogens is 295 g/mol.